The predicted molar refractivity (Wildman–Crippen MR) is 77.8 cm³/mol. The molecule has 2 unspecified atom stereocenters. The molecule has 0 aromatic carbocycles. The van der Waals surface area contributed by atoms with Crippen molar-refractivity contribution in [2.24, 2.45) is 0 Å². The molecule has 0 saturated heterocycles. The first-order valence-corrected chi connectivity index (χ1v) is 7.38. The molecule has 106 valence electrons. The normalized spacial score (nSPS) is 15.1. The number of halogens is 2. The number of hydrogen-bond donors (Lipinski definition) is 1. The van der Waals surface area contributed by atoms with Gasteiger partial charge in [-0.2, -0.15) is 0 Å². The van der Waals surface area contributed by atoms with E-state index in [-0.39, 0.29) is 11.2 Å². The lowest BCUT2D eigenvalue weighted by Gasteiger charge is -2.27. The average Bonchev–Trinajstić information content (AvgIpc) is 2.30. The molecule has 0 amide bonds. The van der Waals surface area contributed by atoms with Gasteiger partial charge in [0, 0.05) is 16.9 Å². The largest absolute Gasteiger partial charge is 0.598 e. The Hall–Kier alpha value is -0.620. The van der Waals surface area contributed by atoms with Crippen LogP contribution in [-0.4, -0.2) is 14.3 Å². The highest BCUT2D eigenvalue weighted by atomic mass is 35.5. The Labute approximate surface area is 121 Å². The summed E-state index contributed by atoms with van der Waals surface area (Å²) in [5, 5.41) is 0.201. The van der Waals surface area contributed by atoms with E-state index in [1.807, 2.05) is 20.8 Å². The number of hydrogen-bond acceptors (Lipinski definition) is 3. The van der Waals surface area contributed by atoms with E-state index in [1.54, 1.807) is 6.08 Å². The second-order valence-electron chi connectivity index (χ2n) is 5.11. The lowest BCUT2D eigenvalue weighted by molar-refractivity contribution is 0.522. The lowest BCUT2D eigenvalue weighted by Crippen LogP contribution is -2.41. The third kappa shape index (κ3) is 4.76. The van der Waals surface area contributed by atoms with Gasteiger partial charge in [0.1, 0.15) is 15.7 Å². The van der Waals surface area contributed by atoms with Gasteiger partial charge in [0.25, 0.3) is 0 Å². The number of nitrogens with zero attached hydrogens (tertiary/aromatic N) is 1. The van der Waals surface area contributed by atoms with Crippen LogP contribution in [-0.2, 0) is 11.4 Å². The van der Waals surface area contributed by atoms with Crippen LogP contribution in [0, 0.1) is 5.82 Å². The Kier molecular flexibility index (Phi) is 5.80. The van der Waals surface area contributed by atoms with Crippen molar-refractivity contribution in [3.8, 4) is 0 Å². The minimum Gasteiger partial charge on any atom is -0.598 e. The van der Waals surface area contributed by atoms with E-state index in [4.69, 9.17) is 11.6 Å². The van der Waals surface area contributed by atoms with Crippen LogP contribution in [0.4, 0.5) is 4.39 Å². The second kappa shape index (κ2) is 6.70. The Balaban J connectivity index is 3.00. The van der Waals surface area contributed by atoms with Crippen LogP contribution >= 0.6 is 11.6 Å². The fraction of sp³-hybridized carbons (Fsp3) is 0.462. The molecule has 1 rings (SSSR count). The van der Waals surface area contributed by atoms with Crippen molar-refractivity contribution in [1.82, 2.24) is 9.71 Å². The highest BCUT2D eigenvalue weighted by Gasteiger charge is 2.30. The van der Waals surface area contributed by atoms with Gasteiger partial charge in [0.15, 0.2) is 0 Å². The van der Waals surface area contributed by atoms with Gasteiger partial charge < -0.3 is 4.55 Å². The summed E-state index contributed by atoms with van der Waals surface area (Å²) in [4.78, 5) is 3.77. The lowest BCUT2D eigenvalue weighted by atomic mass is 10.1. The number of rotatable bonds is 5. The fourth-order valence-corrected chi connectivity index (χ4v) is 2.46. The van der Waals surface area contributed by atoms with E-state index in [9.17, 15) is 8.94 Å². The van der Waals surface area contributed by atoms with Crippen molar-refractivity contribution >= 4 is 23.0 Å². The highest BCUT2D eigenvalue weighted by molar-refractivity contribution is 7.90. The zero-order chi connectivity index (χ0) is 14.6. The SMILES string of the molecule is C=CCC(N[S+]([O-])C(C)(C)C)c1cc(F)cnc1Cl. The van der Waals surface area contributed by atoms with Crippen LogP contribution < -0.4 is 4.72 Å². The maximum Gasteiger partial charge on any atom is 0.141 e. The summed E-state index contributed by atoms with van der Waals surface area (Å²) in [5.41, 5.74) is 0.485. The van der Waals surface area contributed by atoms with Crippen molar-refractivity contribution in [3.63, 3.8) is 0 Å². The molecule has 6 heteroatoms. The minimum absolute atomic E-state index is 0.201. The van der Waals surface area contributed by atoms with Crippen molar-refractivity contribution in [2.45, 2.75) is 38.0 Å². The molecular weight excluding hydrogens is 287 g/mol. The van der Waals surface area contributed by atoms with Gasteiger partial charge in [0.2, 0.25) is 0 Å². The van der Waals surface area contributed by atoms with Crippen LogP contribution in [0.5, 0.6) is 0 Å². The van der Waals surface area contributed by atoms with E-state index < -0.39 is 21.9 Å². The van der Waals surface area contributed by atoms with Gasteiger partial charge >= 0.3 is 0 Å². The van der Waals surface area contributed by atoms with Crippen molar-refractivity contribution < 1.29 is 8.94 Å². The predicted octanol–water partition coefficient (Wildman–Crippen LogP) is 3.54. The molecule has 0 aliphatic heterocycles. The Bertz CT molecular complexity index is 451. The molecule has 0 saturated carbocycles. The first kappa shape index (κ1) is 16.4. The van der Waals surface area contributed by atoms with Gasteiger partial charge in [-0.3, -0.25) is 0 Å². The van der Waals surface area contributed by atoms with Crippen LogP contribution in [0.3, 0.4) is 0 Å². The quantitative estimate of drug-likeness (QED) is 0.514. The Morgan fingerprint density at radius 3 is 2.79 bits per heavy atom. The van der Waals surface area contributed by atoms with Gasteiger partial charge in [-0.1, -0.05) is 17.7 Å². The molecule has 0 aliphatic rings. The van der Waals surface area contributed by atoms with Crippen LogP contribution in [0.25, 0.3) is 0 Å². The molecule has 0 fully saturated rings. The van der Waals surface area contributed by atoms with Crippen molar-refractivity contribution in [2.75, 3.05) is 0 Å². The van der Waals surface area contributed by atoms with Crippen molar-refractivity contribution in [3.05, 3.63) is 41.5 Å². The first-order chi connectivity index (χ1) is 8.75. The summed E-state index contributed by atoms with van der Waals surface area (Å²) in [7, 11) is 0. The average molecular weight is 305 g/mol. The molecule has 0 radical (unpaired) electrons. The molecule has 0 aliphatic carbocycles. The molecule has 1 aromatic heterocycles. The van der Waals surface area contributed by atoms with Crippen molar-refractivity contribution in [1.29, 1.82) is 0 Å². The summed E-state index contributed by atoms with van der Waals surface area (Å²) in [6.45, 7) is 9.21. The van der Waals surface area contributed by atoms with E-state index in [1.165, 1.54) is 6.07 Å². The summed E-state index contributed by atoms with van der Waals surface area (Å²) in [6, 6.07) is 0.921. The van der Waals surface area contributed by atoms with Crippen LogP contribution in [0.1, 0.15) is 38.8 Å². The maximum absolute atomic E-state index is 13.3. The Morgan fingerprint density at radius 2 is 2.26 bits per heavy atom. The molecule has 2 atom stereocenters. The van der Waals surface area contributed by atoms with Gasteiger partial charge in [-0.15, -0.1) is 11.3 Å². The van der Waals surface area contributed by atoms with E-state index in [0.29, 0.717) is 12.0 Å². The summed E-state index contributed by atoms with van der Waals surface area (Å²) in [5.74, 6) is -0.475. The third-order valence-electron chi connectivity index (χ3n) is 2.42. The number of pyridine rings is 1. The topological polar surface area (TPSA) is 48.0 Å². The van der Waals surface area contributed by atoms with E-state index in [2.05, 4.69) is 16.3 Å². The number of nitrogens with one attached hydrogen (secondary N) is 1. The molecule has 1 N–H and O–H groups in total. The standard InChI is InChI=1S/C13H18ClFN2OS/c1-5-6-11(17-19(18)13(2,3)4)10-7-9(15)8-16-12(10)14/h5,7-8,11,17H,1,6H2,2-4H3. The zero-order valence-electron chi connectivity index (χ0n) is 11.2. The first-order valence-electron chi connectivity index (χ1n) is 5.85. The molecular formula is C13H18ClFN2OS. The highest BCUT2D eigenvalue weighted by Crippen LogP contribution is 2.27. The molecule has 1 heterocycles. The summed E-state index contributed by atoms with van der Waals surface area (Å²) in [6.07, 6.45) is 3.20. The van der Waals surface area contributed by atoms with E-state index in [0.717, 1.165) is 6.20 Å². The fourth-order valence-electron chi connectivity index (χ4n) is 1.39. The number of aromatic nitrogens is 1. The smallest absolute Gasteiger partial charge is 0.141 e. The zero-order valence-corrected chi connectivity index (χ0v) is 12.8. The molecule has 1 aromatic rings. The summed E-state index contributed by atoms with van der Waals surface area (Å²) < 4.78 is 27.9. The molecule has 0 bridgehead atoms. The van der Waals surface area contributed by atoms with E-state index >= 15 is 0 Å². The monoisotopic (exact) mass is 304 g/mol. The van der Waals surface area contributed by atoms with Gasteiger partial charge in [0.05, 0.1) is 12.2 Å². The van der Waals surface area contributed by atoms with Crippen LogP contribution in [0.2, 0.25) is 5.15 Å². The molecule has 0 spiro atoms. The Morgan fingerprint density at radius 1 is 1.63 bits per heavy atom. The third-order valence-corrected chi connectivity index (χ3v) is 4.34. The van der Waals surface area contributed by atoms with Gasteiger partial charge in [-0.05, 0) is 33.3 Å². The molecule has 3 nitrogen and oxygen atoms in total. The van der Waals surface area contributed by atoms with Gasteiger partial charge in [-0.25, -0.2) is 9.37 Å². The second-order valence-corrected chi connectivity index (χ2v) is 7.47. The minimum atomic E-state index is -1.29. The summed E-state index contributed by atoms with van der Waals surface area (Å²) >= 11 is 4.68. The van der Waals surface area contributed by atoms with Crippen LogP contribution in [0.15, 0.2) is 24.9 Å². The maximum atomic E-state index is 13.3. The molecule has 19 heavy (non-hydrogen) atoms.